The molecule has 1 aromatic carbocycles. The lowest BCUT2D eigenvalue weighted by molar-refractivity contribution is 0.585. The third-order valence-electron chi connectivity index (χ3n) is 3.13. The third-order valence-corrected chi connectivity index (χ3v) is 3.13. The molecular weight excluding hydrogens is 253 g/mol. The highest BCUT2D eigenvalue weighted by Gasteiger charge is 2.02. The first-order valence-electron chi connectivity index (χ1n) is 6.52. The summed E-state index contributed by atoms with van der Waals surface area (Å²) in [4.78, 5) is 8.19. The Morgan fingerprint density at radius 1 is 1.00 bits per heavy atom. The van der Waals surface area contributed by atoms with E-state index in [2.05, 4.69) is 21.4 Å². The molecule has 0 spiro atoms. The summed E-state index contributed by atoms with van der Waals surface area (Å²) in [6.45, 7) is 0.687. The van der Waals surface area contributed by atoms with Gasteiger partial charge in [-0.05, 0) is 30.2 Å². The van der Waals surface area contributed by atoms with Crippen molar-refractivity contribution in [3.8, 4) is 0 Å². The van der Waals surface area contributed by atoms with Crippen molar-refractivity contribution < 1.29 is 4.39 Å². The minimum Gasteiger partial charge on any atom is -0.370 e. The van der Waals surface area contributed by atoms with Crippen LogP contribution < -0.4 is 5.32 Å². The smallest absolute Gasteiger partial charge is 0.214 e. The number of nitrogens with zero attached hydrogens (tertiary/aromatic N) is 2. The first kappa shape index (κ1) is 12.5. The first-order chi connectivity index (χ1) is 9.83. The Bertz CT molecular complexity index is 722. The van der Waals surface area contributed by atoms with Crippen LogP contribution >= 0.6 is 0 Å². The normalized spacial score (nSPS) is 10.7. The summed E-state index contributed by atoms with van der Waals surface area (Å²) in [6, 6.07) is 14.9. The molecule has 1 N–H and O–H groups in total. The third kappa shape index (κ3) is 2.74. The van der Waals surface area contributed by atoms with E-state index in [0.29, 0.717) is 12.4 Å². The van der Waals surface area contributed by atoms with Gasteiger partial charge in [-0.3, -0.25) is 4.98 Å². The van der Waals surface area contributed by atoms with Gasteiger partial charge in [0, 0.05) is 18.1 Å². The minimum atomic E-state index is -0.471. The van der Waals surface area contributed by atoms with Gasteiger partial charge in [-0.2, -0.15) is 4.39 Å². The van der Waals surface area contributed by atoms with Crippen LogP contribution in [0.5, 0.6) is 0 Å². The Hall–Kier alpha value is -2.49. The number of fused-ring (bicyclic) bond motifs is 1. The van der Waals surface area contributed by atoms with Crippen LogP contribution in [0.4, 0.5) is 10.2 Å². The Balaban J connectivity index is 1.71. The lowest BCUT2D eigenvalue weighted by atomic mass is 10.1. The molecule has 0 amide bonds. The van der Waals surface area contributed by atoms with E-state index >= 15 is 0 Å². The fraction of sp³-hybridized carbons (Fsp3) is 0.125. The van der Waals surface area contributed by atoms with Gasteiger partial charge >= 0.3 is 0 Å². The van der Waals surface area contributed by atoms with Crippen molar-refractivity contribution in [2.45, 2.75) is 6.42 Å². The van der Waals surface area contributed by atoms with Gasteiger partial charge in [0.1, 0.15) is 5.82 Å². The maximum absolute atomic E-state index is 13.0. The fourth-order valence-corrected chi connectivity index (χ4v) is 2.20. The number of nitrogens with one attached hydrogen (secondary N) is 1. The van der Waals surface area contributed by atoms with Gasteiger partial charge in [-0.1, -0.05) is 30.3 Å². The van der Waals surface area contributed by atoms with E-state index in [4.69, 9.17) is 0 Å². The van der Waals surface area contributed by atoms with Crippen molar-refractivity contribution in [2.24, 2.45) is 0 Å². The second-order valence-electron chi connectivity index (χ2n) is 4.51. The lowest BCUT2D eigenvalue weighted by Crippen LogP contribution is -2.07. The van der Waals surface area contributed by atoms with Crippen LogP contribution in [0.2, 0.25) is 0 Å². The summed E-state index contributed by atoms with van der Waals surface area (Å²) in [5, 5.41) is 4.25. The van der Waals surface area contributed by atoms with Crippen LogP contribution in [0, 0.1) is 5.95 Å². The zero-order chi connectivity index (χ0) is 13.8. The standard InChI is InChI=1S/C16H14FN3/c17-14-7-2-8-15(20-14)18-11-9-13-5-1-4-12-6-3-10-19-16(12)13/h1-8,10H,9,11H2,(H,18,20). The van der Waals surface area contributed by atoms with Gasteiger partial charge in [0.25, 0.3) is 0 Å². The van der Waals surface area contributed by atoms with Crippen LogP contribution in [-0.4, -0.2) is 16.5 Å². The van der Waals surface area contributed by atoms with Crippen molar-refractivity contribution in [1.82, 2.24) is 9.97 Å². The monoisotopic (exact) mass is 267 g/mol. The summed E-state index contributed by atoms with van der Waals surface area (Å²) in [5.41, 5.74) is 2.19. The highest BCUT2D eigenvalue weighted by Crippen LogP contribution is 2.16. The molecule has 3 nitrogen and oxygen atoms in total. The number of hydrogen-bond donors (Lipinski definition) is 1. The fourth-order valence-electron chi connectivity index (χ4n) is 2.20. The number of anilines is 1. The lowest BCUT2D eigenvalue weighted by Gasteiger charge is -2.07. The Kier molecular flexibility index (Phi) is 3.54. The minimum absolute atomic E-state index is 0.471. The van der Waals surface area contributed by atoms with Gasteiger partial charge in [-0.25, -0.2) is 4.98 Å². The number of rotatable bonds is 4. The van der Waals surface area contributed by atoms with E-state index in [1.807, 2.05) is 24.3 Å². The second kappa shape index (κ2) is 5.65. The SMILES string of the molecule is Fc1cccc(NCCc2cccc3cccnc23)n1. The maximum Gasteiger partial charge on any atom is 0.214 e. The Labute approximate surface area is 116 Å². The second-order valence-corrected chi connectivity index (χ2v) is 4.51. The molecule has 0 saturated heterocycles. The van der Waals surface area contributed by atoms with Gasteiger partial charge in [0.05, 0.1) is 5.52 Å². The molecule has 2 heterocycles. The molecule has 0 aliphatic carbocycles. The average molecular weight is 267 g/mol. The Morgan fingerprint density at radius 2 is 1.85 bits per heavy atom. The topological polar surface area (TPSA) is 37.8 Å². The first-order valence-corrected chi connectivity index (χ1v) is 6.52. The van der Waals surface area contributed by atoms with Crippen molar-refractivity contribution in [3.63, 3.8) is 0 Å². The van der Waals surface area contributed by atoms with Crippen molar-refractivity contribution in [1.29, 1.82) is 0 Å². The molecule has 0 atom stereocenters. The van der Waals surface area contributed by atoms with Gasteiger partial charge in [0.2, 0.25) is 5.95 Å². The van der Waals surface area contributed by atoms with Crippen molar-refractivity contribution in [3.05, 3.63) is 66.2 Å². The molecule has 0 aliphatic rings. The molecule has 0 fully saturated rings. The molecular formula is C16H14FN3. The molecule has 20 heavy (non-hydrogen) atoms. The highest BCUT2D eigenvalue weighted by molar-refractivity contribution is 5.81. The molecule has 3 aromatic rings. The van der Waals surface area contributed by atoms with Gasteiger partial charge in [-0.15, -0.1) is 0 Å². The van der Waals surface area contributed by atoms with Crippen LogP contribution in [0.3, 0.4) is 0 Å². The molecule has 0 aliphatic heterocycles. The van der Waals surface area contributed by atoms with E-state index in [-0.39, 0.29) is 0 Å². The molecule has 2 aromatic heterocycles. The molecule has 0 unspecified atom stereocenters. The van der Waals surface area contributed by atoms with Gasteiger partial charge in [0.15, 0.2) is 0 Å². The summed E-state index contributed by atoms with van der Waals surface area (Å²) >= 11 is 0. The number of hydrogen-bond acceptors (Lipinski definition) is 3. The summed E-state index contributed by atoms with van der Waals surface area (Å²) in [6.07, 6.45) is 2.61. The number of halogens is 1. The van der Waals surface area contributed by atoms with E-state index in [0.717, 1.165) is 17.3 Å². The van der Waals surface area contributed by atoms with Crippen LogP contribution in [0.15, 0.2) is 54.7 Å². The average Bonchev–Trinajstić information content (AvgIpc) is 2.48. The predicted octanol–water partition coefficient (Wildman–Crippen LogP) is 3.42. The van der Waals surface area contributed by atoms with E-state index in [9.17, 15) is 4.39 Å². The van der Waals surface area contributed by atoms with E-state index < -0.39 is 5.95 Å². The maximum atomic E-state index is 13.0. The quantitative estimate of drug-likeness (QED) is 0.736. The van der Waals surface area contributed by atoms with E-state index in [1.165, 1.54) is 11.6 Å². The number of aromatic nitrogens is 2. The molecule has 0 saturated carbocycles. The number of pyridine rings is 2. The number of para-hydroxylation sites is 1. The zero-order valence-electron chi connectivity index (χ0n) is 10.9. The molecule has 0 radical (unpaired) electrons. The highest BCUT2D eigenvalue weighted by atomic mass is 19.1. The molecule has 100 valence electrons. The largest absolute Gasteiger partial charge is 0.370 e. The summed E-state index contributed by atoms with van der Waals surface area (Å²) < 4.78 is 13.0. The summed E-state index contributed by atoms with van der Waals surface area (Å²) in [5.74, 6) is 0.0834. The Morgan fingerprint density at radius 3 is 2.75 bits per heavy atom. The molecule has 4 heteroatoms. The number of benzene rings is 1. The van der Waals surface area contributed by atoms with Crippen LogP contribution in [0.25, 0.3) is 10.9 Å². The summed E-state index contributed by atoms with van der Waals surface area (Å²) in [7, 11) is 0. The van der Waals surface area contributed by atoms with Gasteiger partial charge < -0.3 is 5.32 Å². The molecule has 0 bridgehead atoms. The van der Waals surface area contributed by atoms with Crippen LogP contribution in [-0.2, 0) is 6.42 Å². The van der Waals surface area contributed by atoms with Crippen molar-refractivity contribution in [2.75, 3.05) is 11.9 Å². The zero-order valence-corrected chi connectivity index (χ0v) is 10.9. The van der Waals surface area contributed by atoms with Crippen molar-refractivity contribution >= 4 is 16.7 Å². The predicted molar refractivity (Wildman–Crippen MR) is 78.1 cm³/mol. The van der Waals surface area contributed by atoms with E-state index in [1.54, 1.807) is 18.3 Å². The van der Waals surface area contributed by atoms with Crippen LogP contribution in [0.1, 0.15) is 5.56 Å². The molecule has 3 rings (SSSR count).